The van der Waals surface area contributed by atoms with Crippen molar-refractivity contribution >= 4 is 11.8 Å². The van der Waals surface area contributed by atoms with Gasteiger partial charge in [0.25, 0.3) is 11.8 Å². The van der Waals surface area contributed by atoms with Crippen LogP contribution in [0.5, 0.6) is 11.5 Å². The Kier molecular flexibility index (Phi) is 7.55. The van der Waals surface area contributed by atoms with E-state index in [1.54, 1.807) is 55.3 Å². The second kappa shape index (κ2) is 10.3. The highest BCUT2D eigenvalue weighted by atomic mass is 16.5. The van der Waals surface area contributed by atoms with E-state index in [0.717, 1.165) is 18.4 Å². The summed E-state index contributed by atoms with van der Waals surface area (Å²) in [5.74, 6) is 1.17. The van der Waals surface area contributed by atoms with Crippen molar-refractivity contribution in [2.45, 2.75) is 45.3 Å². The van der Waals surface area contributed by atoms with Crippen LogP contribution in [0.15, 0.2) is 42.5 Å². The fourth-order valence-electron chi connectivity index (χ4n) is 3.82. The summed E-state index contributed by atoms with van der Waals surface area (Å²) in [5, 5.41) is 0. The molecule has 2 aromatic rings. The van der Waals surface area contributed by atoms with Crippen LogP contribution in [0.1, 0.15) is 58.9 Å². The van der Waals surface area contributed by atoms with Gasteiger partial charge in [-0.3, -0.25) is 9.59 Å². The molecule has 31 heavy (non-hydrogen) atoms. The summed E-state index contributed by atoms with van der Waals surface area (Å²) in [4.78, 5) is 28.5. The lowest BCUT2D eigenvalue weighted by molar-refractivity contribution is 0.0751. The molecule has 0 spiro atoms. The Morgan fingerprint density at radius 3 is 2.16 bits per heavy atom. The highest BCUT2D eigenvalue weighted by molar-refractivity contribution is 5.95. The standard InChI is InChI=1S/C25H32N2O4/c1-5-27(17-18-10-12-19(13-11-18)24(28)26(2)3)25(29)20-14-15-22(23(16-20)30-4)31-21-8-6-7-9-21/h10-16,21H,5-9,17H2,1-4H3. The first-order valence-corrected chi connectivity index (χ1v) is 10.9. The molecule has 2 aromatic carbocycles. The molecular formula is C25H32N2O4. The van der Waals surface area contributed by atoms with Gasteiger partial charge in [-0.1, -0.05) is 12.1 Å². The lowest BCUT2D eigenvalue weighted by atomic mass is 10.1. The van der Waals surface area contributed by atoms with E-state index in [2.05, 4.69) is 0 Å². The van der Waals surface area contributed by atoms with Crippen LogP contribution < -0.4 is 9.47 Å². The van der Waals surface area contributed by atoms with Crippen LogP contribution in [-0.4, -0.2) is 55.5 Å². The van der Waals surface area contributed by atoms with Crippen LogP contribution in [0.4, 0.5) is 0 Å². The maximum absolute atomic E-state index is 13.1. The van der Waals surface area contributed by atoms with Crippen LogP contribution in [-0.2, 0) is 6.54 Å². The molecule has 1 aliphatic carbocycles. The van der Waals surface area contributed by atoms with Gasteiger partial charge in [0.2, 0.25) is 0 Å². The van der Waals surface area contributed by atoms with Gasteiger partial charge in [0, 0.05) is 38.3 Å². The molecule has 0 N–H and O–H groups in total. The van der Waals surface area contributed by atoms with E-state index in [1.807, 2.05) is 25.1 Å². The summed E-state index contributed by atoms with van der Waals surface area (Å²) in [5.41, 5.74) is 2.17. The molecule has 6 nitrogen and oxygen atoms in total. The average molecular weight is 425 g/mol. The number of hydrogen-bond donors (Lipinski definition) is 0. The first kappa shape index (κ1) is 22.7. The molecule has 166 valence electrons. The molecular weight excluding hydrogens is 392 g/mol. The zero-order valence-corrected chi connectivity index (χ0v) is 18.9. The van der Waals surface area contributed by atoms with Crippen molar-refractivity contribution in [3.05, 3.63) is 59.2 Å². The predicted molar refractivity (Wildman–Crippen MR) is 121 cm³/mol. The van der Waals surface area contributed by atoms with E-state index in [4.69, 9.17) is 9.47 Å². The SMILES string of the molecule is CCN(Cc1ccc(C(=O)N(C)C)cc1)C(=O)c1ccc(OC2CCCC2)c(OC)c1. The van der Waals surface area contributed by atoms with E-state index < -0.39 is 0 Å². The van der Waals surface area contributed by atoms with Crippen LogP contribution in [0.25, 0.3) is 0 Å². The molecule has 2 amide bonds. The normalized spacial score (nSPS) is 13.7. The first-order valence-electron chi connectivity index (χ1n) is 10.9. The predicted octanol–water partition coefficient (Wildman–Crippen LogP) is 4.38. The van der Waals surface area contributed by atoms with E-state index in [-0.39, 0.29) is 17.9 Å². The maximum Gasteiger partial charge on any atom is 0.254 e. The van der Waals surface area contributed by atoms with Crippen LogP contribution in [0.2, 0.25) is 0 Å². The summed E-state index contributed by atoms with van der Waals surface area (Å²) in [7, 11) is 5.05. The number of methoxy groups -OCH3 is 1. The second-order valence-electron chi connectivity index (χ2n) is 8.11. The molecule has 0 heterocycles. The van der Waals surface area contributed by atoms with Crippen molar-refractivity contribution in [3.8, 4) is 11.5 Å². The van der Waals surface area contributed by atoms with Crippen molar-refractivity contribution < 1.29 is 19.1 Å². The van der Waals surface area contributed by atoms with Gasteiger partial charge in [0.15, 0.2) is 11.5 Å². The Hall–Kier alpha value is -3.02. The Bertz CT molecular complexity index is 902. The van der Waals surface area contributed by atoms with E-state index in [9.17, 15) is 9.59 Å². The lowest BCUT2D eigenvalue weighted by Gasteiger charge is -2.22. The van der Waals surface area contributed by atoms with Gasteiger partial charge in [-0.2, -0.15) is 0 Å². The quantitative estimate of drug-likeness (QED) is 0.631. The van der Waals surface area contributed by atoms with Gasteiger partial charge in [-0.05, 0) is 68.5 Å². The minimum atomic E-state index is -0.0679. The van der Waals surface area contributed by atoms with Crippen LogP contribution in [0.3, 0.4) is 0 Å². The summed E-state index contributed by atoms with van der Waals surface area (Å²) >= 11 is 0. The molecule has 1 fully saturated rings. The number of carbonyl (C=O) groups is 2. The molecule has 0 aromatic heterocycles. The van der Waals surface area contributed by atoms with Gasteiger partial charge in [-0.25, -0.2) is 0 Å². The summed E-state index contributed by atoms with van der Waals surface area (Å²) in [6.07, 6.45) is 4.74. The summed E-state index contributed by atoms with van der Waals surface area (Å²) in [6, 6.07) is 12.8. The molecule has 0 atom stereocenters. The molecule has 1 aliphatic rings. The molecule has 3 rings (SSSR count). The van der Waals surface area contributed by atoms with Crippen molar-refractivity contribution in [2.75, 3.05) is 27.7 Å². The molecule has 0 saturated heterocycles. The smallest absolute Gasteiger partial charge is 0.254 e. The Balaban J connectivity index is 1.71. The number of nitrogens with zero attached hydrogens (tertiary/aromatic N) is 2. The second-order valence-corrected chi connectivity index (χ2v) is 8.11. The summed E-state index contributed by atoms with van der Waals surface area (Å²) < 4.78 is 11.6. The van der Waals surface area contributed by atoms with E-state index in [1.165, 1.54) is 12.8 Å². The summed E-state index contributed by atoms with van der Waals surface area (Å²) in [6.45, 7) is 2.99. The van der Waals surface area contributed by atoms with Crippen molar-refractivity contribution in [3.63, 3.8) is 0 Å². The third-order valence-corrected chi connectivity index (χ3v) is 5.66. The van der Waals surface area contributed by atoms with Crippen molar-refractivity contribution in [1.82, 2.24) is 9.80 Å². The number of carbonyl (C=O) groups excluding carboxylic acids is 2. The number of ether oxygens (including phenoxy) is 2. The van der Waals surface area contributed by atoms with Gasteiger partial charge < -0.3 is 19.3 Å². The molecule has 6 heteroatoms. The molecule has 0 radical (unpaired) electrons. The van der Waals surface area contributed by atoms with Crippen molar-refractivity contribution in [2.24, 2.45) is 0 Å². The maximum atomic E-state index is 13.1. The molecule has 1 saturated carbocycles. The van der Waals surface area contributed by atoms with Crippen LogP contribution >= 0.6 is 0 Å². The van der Waals surface area contributed by atoms with Crippen molar-refractivity contribution in [1.29, 1.82) is 0 Å². The third-order valence-electron chi connectivity index (χ3n) is 5.66. The first-order chi connectivity index (χ1) is 14.9. The fraction of sp³-hybridized carbons (Fsp3) is 0.440. The van der Waals surface area contributed by atoms with E-state index >= 15 is 0 Å². The number of hydrogen-bond acceptors (Lipinski definition) is 4. The highest BCUT2D eigenvalue weighted by Gasteiger charge is 2.21. The topological polar surface area (TPSA) is 59.1 Å². The largest absolute Gasteiger partial charge is 0.493 e. The minimum absolute atomic E-state index is 0.0398. The Labute approximate surface area is 184 Å². The zero-order chi connectivity index (χ0) is 22.4. The number of benzene rings is 2. The third kappa shape index (κ3) is 5.57. The number of rotatable bonds is 8. The average Bonchev–Trinajstić information content (AvgIpc) is 3.30. The minimum Gasteiger partial charge on any atom is -0.493 e. The van der Waals surface area contributed by atoms with Gasteiger partial charge in [0.1, 0.15) is 0 Å². The zero-order valence-electron chi connectivity index (χ0n) is 18.9. The lowest BCUT2D eigenvalue weighted by Crippen LogP contribution is -2.30. The molecule has 0 aliphatic heterocycles. The van der Waals surface area contributed by atoms with Gasteiger partial charge in [0.05, 0.1) is 13.2 Å². The number of amides is 2. The molecule has 0 unspecified atom stereocenters. The molecule has 0 bridgehead atoms. The monoisotopic (exact) mass is 424 g/mol. The fourth-order valence-corrected chi connectivity index (χ4v) is 3.82. The van der Waals surface area contributed by atoms with E-state index in [0.29, 0.717) is 35.7 Å². The van der Waals surface area contributed by atoms with Gasteiger partial charge >= 0.3 is 0 Å². The Morgan fingerprint density at radius 2 is 1.58 bits per heavy atom. The highest BCUT2D eigenvalue weighted by Crippen LogP contribution is 2.32. The van der Waals surface area contributed by atoms with Gasteiger partial charge in [-0.15, -0.1) is 0 Å². The Morgan fingerprint density at radius 1 is 0.935 bits per heavy atom. The van der Waals surface area contributed by atoms with Crippen LogP contribution in [0, 0.1) is 0 Å².